The summed E-state index contributed by atoms with van der Waals surface area (Å²) in [5.74, 6) is 0.327. The molecule has 0 radical (unpaired) electrons. The van der Waals surface area contributed by atoms with E-state index in [0.29, 0.717) is 17.4 Å². The van der Waals surface area contributed by atoms with Crippen LogP contribution in [0.15, 0.2) is 5.38 Å². The van der Waals surface area contributed by atoms with E-state index in [1.165, 1.54) is 4.88 Å². The van der Waals surface area contributed by atoms with Crippen molar-refractivity contribution in [1.82, 2.24) is 0 Å². The van der Waals surface area contributed by atoms with Crippen molar-refractivity contribution in [2.24, 2.45) is 5.92 Å². The topological polar surface area (TPSA) is 37.3 Å². The van der Waals surface area contributed by atoms with Gasteiger partial charge >= 0.3 is 5.97 Å². The molecule has 1 heterocycles. The fourth-order valence-corrected chi connectivity index (χ4v) is 3.70. The van der Waals surface area contributed by atoms with E-state index in [-0.39, 0.29) is 0 Å². The van der Waals surface area contributed by atoms with Crippen LogP contribution < -0.4 is 0 Å². The molecule has 0 saturated carbocycles. The molecule has 76 valence electrons. The summed E-state index contributed by atoms with van der Waals surface area (Å²) in [6, 6.07) is 0. The summed E-state index contributed by atoms with van der Waals surface area (Å²) in [6.07, 6.45) is 2.17. The first kappa shape index (κ1) is 9.71. The average molecular weight is 210 g/mol. The molecule has 1 aromatic heterocycles. The van der Waals surface area contributed by atoms with E-state index in [1.807, 2.05) is 0 Å². The molecule has 0 bridgehead atoms. The van der Waals surface area contributed by atoms with Crippen LogP contribution in [-0.2, 0) is 6.42 Å². The van der Waals surface area contributed by atoms with Gasteiger partial charge in [-0.25, -0.2) is 4.79 Å². The minimum atomic E-state index is -0.774. The van der Waals surface area contributed by atoms with Crippen LogP contribution in [0.25, 0.3) is 0 Å². The Hall–Kier alpha value is -0.830. The van der Waals surface area contributed by atoms with E-state index >= 15 is 0 Å². The summed E-state index contributed by atoms with van der Waals surface area (Å²) in [5.41, 5.74) is 1.63. The Balaban J connectivity index is 2.46. The molecule has 1 aromatic rings. The maximum atomic E-state index is 11.0. The van der Waals surface area contributed by atoms with Gasteiger partial charge in [0.05, 0.1) is 5.56 Å². The number of hydrogen-bond acceptors (Lipinski definition) is 2. The number of carbonyl (C=O) groups is 1. The van der Waals surface area contributed by atoms with Crippen molar-refractivity contribution in [2.75, 3.05) is 0 Å². The molecule has 1 aliphatic rings. The van der Waals surface area contributed by atoms with Gasteiger partial charge in [-0.15, -0.1) is 11.3 Å². The van der Waals surface area contributed by atoms with Crippen molar-refractivity contribution >= 4 is 17.3 Å². The van der Waals surface area contributed by atoms with Gasteiger partial charge in [0.2, 0.25) is 0 Å². The molecule has 0 fully saturated rings. The molecular formula is C11H14O2S. The smallest absolute Gasteiger partial charge is 0.336 e. The van der Waals surface area contributed by atoms with Gasteiger partial charge in [0.1, 0.15) is 0 Å². The van der Waals surface area contributed by atoms with E-state index in [2.05, 4.69) is 13.8 Å². The van der Waals surface area contributed by atoms with E-state index in [9.17, 15) is 4.79 Å². The minimum absolute atomic E-state index is 0.408. The highest BCUT2D eigenvalue weighted by molar-refractivity contribution is 7.10. The van der Waals surface area contributed by atoms with Crippen LogP contribution in [0.2, 0.25) is 0 Å². The third-order valence-corrected chi connectivity index (χ3v) is 3.95. The average Bonchev–Trinajstić information content (AvgIpc) is 2.47. The van der Waals surface area contributed by atoms with E-state index in [1.54, 1.807) is 16.7 Å². The second kappa shape index (κ2) is 3.39. The molecule has 0 aromatic carbocycles. The van der Waals surface area contributed by atoms with Crippen LogP contribution in [0.4, 0.5) is 0 Å². The standard InChI is InChI=1S/C11H14O2S/c1-6-3-7(2)10-8(11(12)13)5-14-9(10)4-6/h5-7H,3-4H2,1-2H3,(H,12,13). The third kappa shape index (κ3) is 1.46. The summed E-state index contributed by atoms with van der Waals surface area (Å²) in [7, 11) is 0. The summed E-state index contributed by atoms with van der Waals surface area (Å²) in [5, 5.41) is 10.8. The predicted molar refractivity (Wildman–Crippen MR) is 57.2 cm³/mol. The first-order valence-electron chi connectivity index (χ1n) is 4.93. The van der Waals surface area contributed by atoms with Crippen LogP contribution >= 0.6 is 11.3 Å². The monoisotopic (exact) mass is 210 g/mol. The maximum absolute atomic E-state index is 11.0. The molecular weight excluding hydrogens is 196 g/mol. The maximum Gasteiger partial charge on any atom is 0.336 e. The second-order valence-corrected chi connectivity index (χ2v) is 5.20. The lowest BCUT2D eigenvalue weighted by Gasteiger charge is -2.24. The fraction of sp³-hybridized carbons (Fsp3) is 0.545. The van der Waals surface area contributed by atoms with E-state index < -0.39 is 5.97 Å². The largest absolute Gasteiger partial charge is 0.478 e. The number of carboxylic acid groups (broad SMARTS) is 1. The first-order chi connectivity index (χ1) is 6.59. The lowest BCUT2D eigenvalue weighted by Crippen LogP contribution is -2.15. The van der Waals surface area contributed by atoms with Crippen molar-refractivity contribution in [1.29, 1.82) is 0 Å². The van der Waals surface area contributed by atoms with E-state index in [4.69, 9.17) is 5.11 Å². The summed E-state index contributed by atoms with van der Waals surface area (Å²) in [4.78, 5) is 12.3. The SMILES string of the molecule is CC1Cc2scc(C(=O)O)c2C(C)C1. The summed E-state index contributed by atoms with van der Waals surface area (Å²) < 4.78 is 0. The Morgan fingerprint density at radius 2 is 2.29 bits per heavy atom. The molecule has 1 aliphatic carbocycles. The van der Waals surface area contributed by atoms with Gasteiger partial charge in [-0.3, -0.25) is 0 Å². The van der Waals surface area contributed by atoms with Gasteiger partial charge < -0.3 is 5.11 Å². The normalized spacial score (nSPS) is 25.9. The zero-order valence-corrected chi connectivity index (χ0v) is 9.23. The van der Waals surface area contributed by atoms with Gasteiger partial charge in [0, 0.05) is 10.3 Å². The number of thiophene rings is 1. The van der Waals surface area contributed by atoms with Crippen LogP contribution in [0.1, 0.15) is 47.0 Å². The lowest BCUT2D eigenvalue weighted by molar-refractivity contribution is 0.0695. The van der Waals surface area contributed by atoms with Gasteiger partial charge in [0.25, 0.3) is 0 Å². The number of fused-ring (bicyclic) bond motifs is 1. The van der Waals surface area contributed by atoms with Gasteiger partial charge in [-0.1, -0.05) is 13.8 Å². The predicted octanol–water partition coefficient (Wildman–Crippen LogP) is 3.13. The number of rotatable bonds is 1. The second-order valence-electron chi connectivity index (χ2n) is 4.24. The van der Waals surface area contributed by atoms with Crippen molar-refractivity contribution in [3.05, 3.63) is 21.4 Å². The summed E-state index contributed by atoms with van der Waals surface area (Å²) in [6.45, 7) is 4.37. The molecule has 2 atom stereocenters. The minimum Gasteiger partial charge on any atom is -0.478 e. The highest BCUT2D eigenvalue weighted by atomic mass is 32.1. The molecule has 0 aliphatic heterocycles. The third-order valence-electron chi connectivity index (χ3n) is 2.92. The Morgan fingerprint density at radius 1 is 1.57 bits per heavy atom. The highest BCUT2D eigenvalue weighted by Crippen LogP contribution is 2.39. The van der Waals surface area contributed by atoms with Crippen molar-refractivity contribution in [2.45, 2.75) is 32.6 Å². The fourth-order valence-electron chi connectivity index (χ4n) is 2.39. The van der Waals surface area contributed by atoms with E-state index in [0.717, 1.165) is 18.4 Å². The van der Waals surface area contributed by atoms with Crippen molar-refractivity contribution in [3.8, 4) is 0 Å². The molecule has 2 unspecified atom stereocenters. The molecule has 3 heteroatoms. The molecule has 0 spiro atoms. The Kier molecular flexibility index (Phi) is 2.35. The lowest BCUT2D eigenvalue weighted by atomic mass is 9.81. The van der Waals surface area contributed by atoms with Gasteiger partial charge in [-0.05, 0) is 30.2 Å². The quantitative estimate of drug-likeness (QED) is 0.773. The Morgan fingerprint density at radius 3 is 2.93 bits per heavy atom. The molecule has 0 amide bonds. The zero-order valence-electron chi connectivity index (χ0n) is 8.41. The van der Waals surface area contributed by atoms with Crippen LogP contribution in [0.5, 0.6) is 0 Å². The van der Waals surface area contributed by atoms with Crippen LogP contribution in [0.3, 0.4) is 0 Å². The number of aromatic carboxylic acids is 1. The summed E-state index contributed by atoms with van der Waals surface area (Å²) >= 11 is 1.61. The van der Waals surface area contributed by atoms with Crippen LogP contribution in [0, 0.1) is 5.92 Å². The highest BCUT2D eigenvalue weighted by Gasteiger charge is 2.27. The zero-order chi connectivity index (χ0) is 10.3. The molecule has 0 saturated heterocycles. The number of carboxylic acids is 1. The number of hydrogen-bond donors (Lipinski definition) is 1. The van der Waals surface area contributed by atoms with Crippen molar-refractivity contribution < 1.29 is 9.90 Å². The molecule has 2 rings (SSSR count). The van der Waals surface area contributed by atoms with Gasteiger partial charge in [-0.2, -0.15) is 0 Å². The van der Waals surface area contributed by atoms with Crippen LogP contribution in [-0.4, -0.2) is 11.1 Å². The molecule has 14 heavy (non-hydrogen) atoms. The van der Waals surface area contributed by atoms with Crippen molar-refractivity contribution in [3.63, 3.8) is 0 Å². The van der Waals surface area contributed by atoms with Gasteiger partial charge in [0.15, 0.2) is 0 Å². The Bertz CT molecular complexity index is 367. The Labute approximate surface area is 87.6 Å². The molecule has 2 nitrogen and oxygen atoms in total. The first-order valence-corrected chi connectivity index (χ1v) is 5.81. The molecule has 1 N–H and O–H groups in total.